The van der Waals surface area contributed by atoms with E-state index in [1.807, 2.05) is 13.8 Å². The number of unbranched alkanes of at least 4 members (excludes halogenated alkanes) is 10. The smallest absolute Gasteiger partial charge is 0.339 e. The molecule has 7 aliphatic heterocycles. The molecule has 5 aromatic carbocycles. The topological polar surface area (TPSA) is 550 Å². The van der Waals surface area contributed by atoms with E-state index in [-0.39, 0.29) is 58.6 Å². The Morgan fingerprint density at radius 1 is 0.713 bits per heavy atom. The number of aromatic hydroxyl groups is 3. The molecule has 122 heavy (non-hydrogen) atoms. The molecule has 7 aliphatic rings. The molecule has 1 unspecified atom stereocenters. The summed E-state index contributed by atoms with van der Waals surface area (Å²) in [7, 11) is -4.83. The number of carbonyl (C=O) groups excluding carboxylic acids is 7. The highest BCUT2D eigenvalue weighted by atomic mass is 35.5. The van der Waals surface area contributed by atoms with Gasteiger partial charge in [0.1, 0.15) is 77.4 Å². The van der Waals surface area contributed by atoms with Gasteiger partial charge in [0.05, 0.1) is 52.5 Å². The van der Waals surface area contributed by atoms with Gasteiger partial charge in [-0.25, -0.2) is 4.79 Å². The molecule has 5 amide bonds. The molecule has 0 radical (unpaired) electrons. The third kappa shape index (κ3) is 23.8. The molecular weight excluding hydrogens is 1680 g/mol. The fraction of sp³-hybridized carbons (Fsp3) is 0.548. The van der Waals surface area contributed by atoms with Crippen molar-refractivity contribution in [2.75, 3.05) is 19.4 Å². The molecule has 20 N–H and O–H groups in total. The Kier molecular flexibility index (Phi) is 34.4. The van der Waals surface area contributed by atoms with Gasteiger partial charge in [-0.3, -0.25) is 38.1 Å². The Morgan fingerprint density at radius 2 is 1.32 bits per heavy atom. The summed E-state index contributed by atoms with van der Waals surface area (Å²) < 4.78 is 51.6. The van der Waals surface area contributed by atoms with Crippen LogP contribution in [0.3, 0.4) is 0 Å². The molecule has 7 heterocycles. The number of carboxylic acid groups (broad SMARTS) is 1. The lowest BCUT2D eigenvalue weighted by Crippen LogP contribution is -2.65. The first-order valence-electron chi connectivity index (χ1n) is 40.8. The van der Waals surface area contributed by atoms with Crippen molar-refractivity contribution in [3.05, 3.63) is 116 Å². The number of aliphatic hydroxyl groups is 6. The normalized spacial score (nSPS) is 26.6. The van der Waals surface area contributed by atoms with Crippen LogP contribution in [0.5, 0.6) is 46.0 Å². The van der Waals surface area contributed by atoms with Gasteiger partial charge in [-0.15, -0.1) is 12.4 Å². The second kappa shape index (κ2) is 43.0. The number of nitrogens with two attached hydrogens (primary N) is 1. The van der Waals surface area contributed by atoms with Gasteiger partial charge in [0.15, 0.2) is 41.5 Å². The average Bonchev–Trinajstić information content (AvgIpc) is 0.780. The minimum absolute atomic E-state index is 0. The number of Topliss-reactive ketones (excluding diaryl/α,β-unsaturated/α-hetero) is 2. The summed E-state index contributed by atoms with van der Waals surface area (Å²) in [6.45, 7) is 9.81. The number of ether oxygens (including phenoxy) is 6. The van der Waals surface area contributed by atoms with E-state index in [0.717, 1.165) is 86.7 Å². The fourth-order valence-corrected chi connectivity index (χ4v) is 17.0. The highest BCUT2D eigenvalue weighted by Crippen LogP contribution is 2.52. The van der Waals surface area contributed by atoms with Gasteiger partial charge < -0.3 is 127 Å². The lowest BCUT2D eigenvalue weighted by Gasteiger charge is -2.48. The van der Waals surface area contributed by atoms with Gasteiger partial charge in [0.25, 0.3) is 0 Å². The van der Waals surface area contributed by atoms with E-state index < -0.39 is 275 Å². The number of rotatable bonds is 30. The molecule has 38 heteroatoms. The van der Waals surface area contributed by atoms with Crippen molar-refractivity contribution in [1.29, 1.82) is 0 Å². The molecule has 0 saturated carbocycles. The standard InChI is InChI=1S/C84H110Cl2N7O27P.ClH/c1-7-9-10-11-12-13-14-15-16-17-18-25-89-84(6)36-64(115-41(5)77(84)105)119-76-74(104)73(103)62(38-94)118-83(76)120-75-60-31-46-32-61(75)117-59-24-21-45(29-53(59)86)71(101)69-81(109)91-67(82(110)111)50-35-55(96)51(37-88-39-121(112,113)114)72(102)65(50)49-27-43(19-22-54(49)95)48(80(108)93-69)34-57(98)66(46)90-79(107)47(33-63(87)99)30-56(97)68(92-78(106)42(8-2)26-40(3)4)70(100)44-20-23-58(116-60)52(85)28-44;/h19-24,27-29,31-32,35,40-42,47-48,62,64,66-71,73-74,76-77,83,88-89,94-96,100-105H,7-18,25-26,30,33-34,36-39H2,1-6H3,(H2,87,99)(H,90,107)(H,91,109)(H,92,106)(H,93,108)(H,110,111)(H2,112,113,114);1H/t41-,42+,47-,48?,62+,64-,66+,67-,68-,69-,70+,71+,73+,74-,76+,77+,83-,84-;/m0./s1. The number of phenols is 3. The van der Waals surface area contributed by atoms with Gasteiger partial charge in [0.2, 0.25) is 41.6 Å². The van der Waals surface area contributed by atoms with Crippen LogP contribution in [-0.4, -0.2) is 194 Å². The monoisotopic (exact) mass is 1790 g/mol. The maximum atomic E-state index is 16.5. The molecule has 670 valence electrons. The lowest BCUT2D eigenvalue weighted by atomic mass is 9.84. The zero-order valence-electron chi connectivity index (χ0n) is 68.3. The third-order valence-electron chi connectivity index (χ3n) is 22.8. The molecule has 2 fully saturated rings. The maximum absolute atomic E-state index is 16.5. The molecule has 0 aromatic heterocycles. The van der Waals surface area contributed by atoms with Crippen molar-refractivity contribution >= 4 is 90.3 Å². The number of carboxylic acids is 1. The molecule has 34 nitrogen and oxygen atoms in total. The molecular formula is C84H111Cl3N7O27P. The highest BCUT2D eigenvalue weighted by molar-refractivity contribution is 7.51. The zero-order valence-corrected chi connectivity index (χ0v) is 71.6. The molecule has 5 aromatic rings. The Balaban J connectivity index is 0.0000169. The van der Waals surface area contributed by atoms with Crippen LogP contribution >= 0.6 is 43.2 Å². The molecule has 0 spiro atoms. The number of nitrogens with one attached hydrogen (secondary N) is 6. The quantitative estimate of drug-likeness (QED) is 0.0152. The number of halogens is 3. The predicted molar refractivity (Wildman–Crippen MR) is 444 cm³/mol. The van der Waals surface area contributed by atoms with E-state index in [1.165, 1.54) is 56.7 Å². The number of aliphatic carboxylic acids is 1. The van der Waals surface area contributed by atoms with Gasteiger partial charge >= 0.3 is 13.6 Å². The van der Waals surface area contributed by atoms with E-state index in [4.69, 9.17) is 57.4 Å². The van der Waals surface area contributed by atoms with Gasteiger partial charge in [-0.1, -0.05) is 133 Å². The first kappa shape index (κ1) is 97.4. The number of benzene rings is 5. The number of carbonyl (C=O) groups is 8. The first-order chi connectivity index (χ1) is 57.3. The Bertz CT molecular complexity index is 4640. The van der Waals surface area contributed by atoms with E-state index in [0.29, 0.717) is 13.0 Å². The predicted octanol–water partition coefficient (Wildman–Crippen LogP) is 8.11. The van der Waals surface area contributed by atoms with Crippen LogP contribution in [0.25, 0.3) is 11.1 Å². The number of fused-ring (bicyclic) bond motifs is 15. The number of hydrogen-bond acceptors (Lipinski definition) is 26. The number of hydrogen-bond donors (Lipinski definition) is 19. The van der Waals surface area contributed by atoms with E-state index in [9.17, 15) is 79.8 Å². The summed E-state index contributed by atoms with van der Waals surface area (Å²) >= 11 is 14.4. The second-order valence-electron chi connectivity index (χ2n) is 32.4. The number of aliphatic hydroxyl groups excluding tert-OH is 6. The minimum atomic E-state index is -4.83. The van der Waals surface area contributed by atoms with Crippen molar-refractivity contribution < 1.29 is 132 Å². The fourth-order valence-electron chi connectivity index (χ4n) is 16.1. The summed E-state index contributed by atoms with van der Waals surface area (Å²) in [4.78, 5) is 139. The molecule has 18 atom stereocenters. The number of phenolic OH excluding ortho intramolecular Hbond substituents is 3. The van der Waals surface area contributed by atoms with Gasteiger partial charge in [-0.2, -0.15) is 0 Å². The Hall–Kier alpha value is -8.36. The van der Waals surface area contributed by atoms with Crippen LogP contribution in [0.2, 0.25) is 10.0 Å². The van der Waals surface area contributed by atoms with Crippen LogP contribution in [-0.2, 0) is 63.7 Å². The molecule has 2 saturated heterocycles. The number of amides is 5. The Labute approximate surface area is 721 Å². The van der Waals surface area contributed by atoms with Crippen molar-refractivity contribution in [2.45, 2.75) is 254 Å². The van der Waals surface area contributed by atoms with E-state index in [2.05, 4.69) is 38.8 Å². The number of ketones is 2. The van der Waals surface area contributed by atoms with Crippen molar-refractivity contribution in [3.63, 3.8) is 0 Å². The summed E-state index contributed by atoms with van der Waals surface area (Å²) in [6.07, 6.45) is -8.71. The van der Waals surface area contributed by atoms with Gasteiger partial charge in [0, 0.05) is 60.4 Å². The second-order valence-corrected chi connectivity index (χ2v) is 34.9. The van der Waals surface area contributed by atoms with Crippen LogP contribution < -0.4 is 51.8 Å². The molecule has 11 bridgehead atoms. The minimum Gasteiger partial charge on any atom is -0.507 e. The molecule has 12 rings (SSSR count). The third-order valence-corrected chi connectivity index (χ3v) is 24.0. The van der Waals surface area contributed by atoms with Crippen LogP contribution in [0.1, 0.15) is 214 Å². The van der Waals surface area contributed by atoms with Gasteiger partial charge in [-0.05, 0) is 122 Å². The van der Waals surface area contributed by atoms with Crippen molar-refractivity contribution in [1.82, 2.24) is 31.9 Å². The maximum Gasteiger partial charge on any atom is 0.339 e. The summed E-state index contributed by atoms with van der Waals surface area (Å²) in [5.41, 5.74) is 1.14. The van der Waals surface area contributed by atoms with Crippen LogP contribution in [0, 0.1) is 17.8 Å². The summed E-state index contributed by atoms with van der Waals surface area (Å²) in [5.74, 6) is -20.1. The van der Waals surface area contributed by atoms with E-state index in [1.54, 1.807) is 20.8 Å². The average molecular weight is 1790 g/mol. The highest BCUT2D eigenvalue weighted by Gasteiger charge is 2.52. The largest absolute Gasteiger partial charge is 0.507 e. The number of primary amides is 1. The SMILES string of the molecule is CCCCCCCCCCCCCN[C@@]1(C)C[C@H](O[C@H]2[C@H](Oc3c4cc5cc3Oc3ccc(cc3Cl)[C@@H](O)[C@@H](NC(=O)[C@H](CC)CC(C)C)C(=O)C[C@@H](CC(N)=O)C(=O)N[C@H]5C(=O)CC3C(=O)N[C@H](C(=O)N[C@H](C(=O)O)c5cc(O)c(CNCP(=O)(O)O)c(O)c5-c5cc3ccc5O)[C@H](O)c3ccc(c(Cl)c3)O4)O[C@H](CO)[C@@H](O)[C@@H]2O)O[C@@H](C)[C@H]1O.Cl. The molecule has 0 aliphatic carbocycles. The zero-order chi connectivity index (χ0) is 88.2. The lowest BCUT2D eigenvalue weighted by molar-refractivity contribution is -0.334. The Morgan fingerprint density at radius 3 is 1.89 bits per heavy atom. The van der Waals surface area contributed by atoms with Crippen LogP contribution in [0.4, 0.5) is 0 Å². The van der Waals surface area contributed by atoms with Crippen molar-refractivity contribution in [3.8, 4) is 57.1 Å². The summed E-state index contributed by atoms with van der Waals surface area (Å²) in [6, 6.07) is 4.17. The summed E-state index contributed by atoms with van der Waals surface area (Å²) in [5, 5.41) is 134. The van der Waals surface area contributed by atoms with Crippen molar-refractivity contribution in [2.24, 2.45) is 23.5 Å². The first-order valence-corrected chi connectivity index (χ1v) is 43.4. The van der Waals surface area contributed by atoms with E-state index >= 15 is 24.0 Å². The van der Waals surface area contributed by atoms with Crippen LogP contribution in [0.15, 0.2) is 72.8 Å².